The van der Waals surface area contributed by atoms with Crippen LogP contribution in [0, 0.1) is 11.3 Å². The smallest absolute Gasteiger partial charge is 0.0547 e. The highest BCUT2D eigenvalue weighted by Gasteiger charge is 2.36. The van der Waals surface area contributed by atoms with Crippen molar-refractivity contribution in [1.29, 1.82) is 0 Å². The van der Waals surface area contributed by atoms with E-state index in [-0.39, 0.29) is 0 Å². The molecular weight excluding hydrogens is 236 g/mol. The molecule has 112 valence electrons. The first kappa shape index (κ1) is 15.3. The fourth-order valence-corrected chi connectivity index (χ4v) is 3.66. The zero-order chi connectivity index (χ0) is 13.7. The largest absolute Gasteiger partial charge is 0.381 e. The molecule has 0 spiro atoms. The van der Waals surface area contributed by atoms with Gasteiger partial charge in [-0.05, 0) is 32.2 Å². The summed E-state index contributed by atoms with van der Waals surface area (Å²) in [6.07, 6.45) is 6.99. The van der Waals surface area contributed by atoms with Crippen LogP contribution in [-0.2, 0) is 4.74 Å². The average molecular weight is 268 g/mol. The molecule has 0 amide bonds. The summed E-state index contributed by atoms with van der Waals surface area (Å²) in [5.74, 6) is 0.947. The minimum absolute atomic E-state index is 0.345. The second-order valence-electron chi connectivity index (χ2n) is 7.19. The quantitative estimate of drug-likeness (QED) is 0.768. The predicted molar refractivity (Wildman–Crippen MR) is 80.5 cm³/mol. The van der Waals surface area contributed by atoms with E-state index in [4.69, 9.17) is 4.74 Å². The third kappa shape index (κ3) is 4.73. The van der Waals surface area contributed by atoms with Gasteiger partial charge in [0, 0.05) is 37.7 Å². The molecule has 2 rings (SSSR count). The summed E-state index contributed by atoms with van der Waals surface area (Å²) in [6, 6.07) is 0.567. The molecule has 1 aliphatic carbocycles. The number of ether oxygens (including phenoxy) is 1. The monoisotopic (exact) mass is 268 g/mol. The molecule has 2 fully saturated rings. The number of nitrogens with zero attached hydrogens (tertiary/aromatic N) is 1. The van der Waals surface area contributed by atoms with Crippen molar-refractivity contribution in [2.45, 2.75) is 52.0 Å². The van der Waals surface area contributed by atoms with E-state index in [1.807, 2.05) is 0 Å². The minimum atomic E-state index is 0.345. The second-order valence-corrected chi connectivity index (χ2v) is 7.19. The molecule has 1 atom stereocenters. The van der Waals surface area contributed by atoms with Crippen LogP contribution in [0.4, 0.5) is 0 Å². The maximum absolute atomic E-state index is 5.70. The van der Waals surface area contributed by atoms with Crippen molar-refractivity contribution in [3.05, 3.63) is 0 Å². The van der Waals surface area contributed by atoms with Crippen LogP contribution in [0.5, 0.6) is 0 Å². The minimum Gasteiger partial charge on any atom is -0.381 e. The average Bonchev–Trinajstić information content (AvgIpc) is 2.99. The second kappa shape index (κ2) is 7.05. The lowest BCUT2D eigenvalue weighted by Gasteiger charge is -2.34. The number of nitrogens with one attached hydrogen (secondary N) is 1. The van der Waals surface area contributed by atoms with Crippen molar-refractivity contribution in [3.8, 4) is 0 Å². The maximum Gasteiger partial charge on any atom is 0.0547 e. The van der Waals surface area contributed by atoms with E-state index in [9.17, 15) is 0 Å². The molecule has 0 aromatic heterocycles. The van der Waals surface area contributed by atoms with Crippen LogP contribution in [0.1, 0.15) is 46.0 Å². The standard InChI is InChI=1S/C16H32N2O/c1-14(2)17-11-16(8-9-19-13-16)12-18(3)10-15-6-4-5-7-15/h14-15,17H,4-13H2,1-3H3. The Kier molecular flexibility index (Phi) is 5.67. The lowest BCUT2D eigenvalue weighted by atomic mass is 9.86. The molecule has 1 saturated heterocycles. The Morgan fingerprint density at radius 2 is 2.05 bits per heavy atom. The van der Waals surface area contributed by atoms with Crippen molar-refractivity contribution in [1.82, 2.24) is 10.2 Å². The third-order valence-electron chi connectivity index (χ3n) is 4.72. The first-order valence-electron chi connectivity index (χ1n) is 8.09. The van der Waals surface area contributed by atoms with Gasteiger partial charge in [0.05, 0.1) is 6.61 Å². The van der Waals surface area contributed by atoms with Gasteiger partial charge in [-0.15, -0.1) is 0 Å². The van der Waals surface area contributed by atoms with Gasteiger partial charge in [-0.1, -0.05) is 26.7 Å². The van der Waals surface area contributed by atoms with Crippen molar-refractivity contribution < 1.29 is 4.74 Å². The van der Waals surface area contributed by atoms with Crippen molar-refractivity contribution in [3.63, 3.8) is 0 Å². The van der Waals surface area contributed by atoms with Gasteiger partial charge < -0.3 is 15.0 Å². The van der Waals surface area contributed by atoms with Crippen LogP contribution in [0.15, 0.2) is 0 Å². The molecule has 0 bridgehead atoms. The Bertz CT molecular complexity index is 255. The summed E-state index contributed by atoms with van der Waals surface area (Å²) < 4.78 is 5.70. The number of hydrogen-bond donors (Lipinski definition) is 1. The Morgan fingerprint density at radius 3 is 2.63 bits per heavy atom. The van der Waals surface area contributed by atoms with Crippen molar-refractivity contribution >= 4 is 0 Å². The molecule has 1 heterocycles. The van der Waals surface area contributed by atoms with Crippen LogP contribution in [0.3, 0.4) is 0 Å². The molecule has 0 radical (unpaired) electrons. The van der Waals surface area contributed by atoms with Gasteiger partial charge in [-0.2, -0.15) is 0 Å². The molecule has 3 heteroatoms. The number of rotatable bonds is 7. The molecule has 1 N–H and O–H groups in total. The summed E-state index contributed by atoms with van der Waals surface area (Å²) in [5.41, 5.74) is 0.345. The molecule has 1 saturated carbocycles. The summed E-state index contributed by atoms with van der Waals surface area (Å²) in [6.45, 7) is 9.89. The van der Waals surface area contributed by atoms with E-state index in [2.05, 4.69) is 31.1 Å². The van der Waals surface area contributed by atoms with Crippen LogP contribution < -0.4 is 5.32 Å². The zero-order valence-corrected chi connectivity index (χ0v) is 13.1. The maximum atomic E-state index is 5.70. The van der Waals surface area contributed by atoms with Gasteiger partial charge in [0.15, 0.2) is 0 Å². The third-order valence-corrected chi connectivity index (χ3v) is 4.72. The van der Waals surface area contributed by atoms with Gasteiger partial charge >= 0.3 is 0 Å². The van der Waals surface area contributed by atoms with Gasteiger partial charge in [-0.25, -0.2) is 0 Å². The van der Waals surface area contributed by atoms with Crippen molar-refractivity contribution in [2.75, 3.05) is 39.9 Å². The van der Waals surface area contributed by atoms with Crippen LogP contribution in [0.2, 0.25) is 0 Å². The van der Waals surface area contributed by atoms with Gasteiger partial charge in [0.2, 0.25) is 0 Å². The topological polar surface area (TPSA) is 24.5 Å². The highest BCUT2D eigenvalue weighted by molar-refractivity contribution is 4.89. The highest BCUT2D eigenvalue weighted by Crippen LogP contribution is 2.31. The highest BCUT2D eigenvalue weighted by atomic mass is 16.5. The summed E-state index contributed by atoms with van der Waals surface area (Å²) in [5, 5.41) is 3.62. The molecule has 19 heavy (non-hydrogen) atoms. The lowest BCUT2D eigenvalue weighted by Crippen LogP contribution is -2.46. The van der Waals surface area contributed by atoms with E-state index in [1.54, 1.807) is 0 Å². The van der Waals surface area contributed by atoms with Gasteiger partial charge in [0.25, 0.3) is 0 Å². The Morgan fingerprint density at radius 1 is 1.32 bits per heavy atom. The van der Waals surface area contributed by atoms with Crippen LogP contribution in [0.25, 0.3) is 0 Å². The summed E-state index contributed by atoms with van der Waals surface area (Å²) in [7, 11) is 2.30. The Labute approximate surface area is 119 Å². The Hall–Kier alpha value is -0.120. The first-order chi connectivity index (χ1) is 9.10. The normalized spacial score (nSPS) is 28.9. The van der Waals surface area contributed by atoms with Crippen LogP contribution in [-0.4, -0.2) is 50.8 Å². The first-order valence-corrected chi connectivity index (χ1v) is 8.09. The molecule has 0 aromatic rings. The predicted octanol–water partition coefficient (Wildman–Crippen LogP) is 2.51. The van der Waals surface area contributed by atoms with Crippen molar-refractivity contribution in [2.24, 2.45) is 11.3 Å². The fourth-order valence-electron chi connectivity index (χ4n) is 3.66. The Balaban J connectivity index is 1.81. The molecule has 2 aliphatic rings. The van der Waals surface area contributed by atoms with E-state index in [0.29, 0.717) is 11.5 Å². The van der Waals surface area contributed by atoms with Crippen LogP contribution >= 0.6 is 0 Å². The van der Waals surface area contributed by atoms with E-state index in [1.165, 1.54) is 45.2 Å². The molecule has 1 unspecified atom stereocenters. The SMILES string of the molecule is CC(C)NCC1(CN(C)CC2CCCC2)CCOC1. The summed E-state index contributed by atoms with van der Waals surface area (Å²) >= 11 is 0. The molecule has 3 nitrogen and oxygen atoms in total. The number of hydrogen-bond acceptors (Lipinski definition) is 3. The van der Waals surface area contributed by atoms with E-state index in [0.717, 1.165) is 25.7 Å². The lowest BCUT2D eigenvalue weighted by molar-refractivity contribution is 0.111. The molecular formula is C16H32N2O. The van der Waals surface area contributed by atoms with Gasteiger partial charge in [-0.3, -0.25) is 0 Å². The van der Waals surface area contributed by atoms with E-state index < -0.39 is 0 Å². The zero-order valence-electron chi connectivity index (χ0n) is 13.1. The molecule has 0 aromatic carbocycles. The van der Waals surface area contributed by atoms with Gasteiger partial charge in [0.1, 0.15) is 0 Å². The fraction of sp³-hybridized carbons (Fsp3) is 1.00. The molecule has 1 aliphatic heterocycles. The van der Waals surface area contributed by atoms with E-state index >= 15 is 0 Å². The summed E-state index contributed by atoms with van der Waals surface area (Å²) in [4.78, 5) is 2.56.